The molecule has 0 spiro atoms. The summed E-state index contributed by atoms with van der Waals surface area (Å²) in [4.78, 5) is 4.00. The van der Waals surface area contributed by atoms with E-state index >= 15 is 0 Å². The summed E-state index contributed by atoms with van der Waals surface area (Å²) in [5, 5.41) is 13.0. The average molecular weight is 353 g/mol. The van der Waals surface area contributed by atoms with Crippen LogP contribution in [0.2, 0.25) is 0 Å². The van der Waals surface area contributed by atoms with Crippen molar-refractivity contribution < 1.29 is 23.0 Å². The third-order valence-corrected chi connectivity index (χ3v) is 3.33. The van der Waals surface area contributed by atoms with Gasteiger partial charge < -0.3 is 20.9 Å². The van der Waals surface area contributed by atoms with Gasteiger partial charge in [0.05, 0.1) is 12.2 Å². The molecule has 2 aromatic rings. The third kappa shape index (κ3) is 5.68. The van der Waals surface area contributed by atoms with Crippen molar-refractivity contribution in [2.45, 2.75) is 18.9 Å². The number of nitrogens with zero attached hydrogens (tertiary/aromatic N) is 1. The standard InChI is InChI=1S/C17H18F3N3O2/c1-16(24,12-7-3-2-4-8-12)11-22-15(21)23-13-9-5-6-10-14(13)25-17(18,19)20/h2-10,24H,11H2,1H3,(H3,21,22,23). The second-order valence-electron chi connectivity index (χ2n) is 5.51. The summed E-state index contributed by atoms with van der Waals surface area (Å²) in [6.45, 7) is 1.50. The Morgan fingerprint density at radius 3 is 2.36 bits per heavy atom. The summed E-state index contributed by atoms with van der Waals surface area (Å²) >= 11 is 0. The topological polar surface area (TPSA) is 79.9 Å². The monoisotopic (exact) mass is 353 g/mol. The molecule has 0 amide bonds. The number of guanidine groups is 1. The van der Waals surface area contributed by atoms with Crippen LogP contribution in [0, 0.1) is 0 Å². The summed E-state index contributed by atoms with van der Waals surface area (Å²) in [6.07, 6.45) is -4.82. The van der Waals surface area contributed by atoms with Crippen molar-refractivity contribution in [1.29, 1.82) is 0 Å². The van der Waals surface area contributed by atoms with Crippen LogP contribution in [0.4, 0.5) is 18.9 Å². The minimum Gasteiger partial charge on any atom is -0.404 e. The molecule has 5 nitrogen and oxygen atoms in total. The number of nitrogens with two attached hydrogens (primary N) is 1. The maximum Gasteiger partial charge on any atom is 0.573 e. The maximum atomic E-state index is 12.4. The summed E-state index contributed by atoms with van der Waals surface area (Å²) in [5.41, 5.74) is 5.11. The van der Waals surface area contributed by atoms with Crippen LogP contribution >= 0.6 is 0 Å². The normalized spacial score (nSPS) is 14.7. The van der Waals surface area contributed by atoms with Crippen LogP contribution in [0.15, 0.2) is 59.6 Å². The number of hydrogen-bond donors (Lipinski definition) is 3. The van der Waals surface area contributed by atoms with Crippen molar-refractivity contribution in [1.82, 2.24) is 0 Å². The number of para-hydroxylation sites is 2. The molecule has 0 aromatic heterocycles. The van der Waals surface area contributed by atoms with E-state index in [0.29, 0.717) is 5.56 Å². The SMILES string of the molecule is CC(O)(CN=C(N)Nc1ccccc1OC(F)(F)F)c1ccccc1. The number of nitrogens with one attached hydrogen (secondary N) is 1. The summed E-state index contributed by atoms with van der Waals surface area (Å²) in [5.74, 6) is -0.572. The van der Waals surface area contributed by atoms with E-state index in [4.69, 9.17) is 5.73 Å². The van der Waals surface area contributed by atoms with Gasteiger partial charge in [-0.2, -0.15) is 0 Å². The van der Waals surface area contributed by atoms with Crippen molar-refractivity contribution in [2.75, 3.05) is 11.9 Å². The molecule has 0 aliphatic rings. The van der Waals surface area contributed by atoms with Crippen LogP contribution < -0.4 is 15.8 Å². The molecule has 0 saturated carbocycles. The molecular weight excluding hydrogens is 335 g/mol. The van der Waals surface area contributed by atoms with E-state index < -0.39 is 17.7 Å². The fourth-order valence-electron chi connectivity index (χ4n) is 2.09. The van der Waals surface area contributed by atoms with Crippen molar-refractivity contribution >= 4 is 11.6 Å². The first-order chi connectivity index (χ1) is 11.7. The summed E-state index contributed by atoms with van der Waals surface area (Å²) < 4.78 is 41.1. The first-order valence-corrected chi connectivity index (χ1v) is 7.37. The fourth-order valence-corrected chi connectivity index (χ4v) is 2.09. The highest BCUT2D eigenvalue weighted by atomic mass is 19.4. The van der Waals surface area contributed by atoms with E-state index in [0.717, 1.165) is 6.07 Å². The first kappa shape index (κ1) is 18.6. The number of anilines is 1. The number of aliphatic imine (C=N–C) groups is 1. The Labute approximate surface area is 143 Å². The van der Waals surface area contributed by atoms with Gasteiger partial charge in [0.15, 0.2) is 11.7 Å². The van der Waals surface area contributed by atoms with Crippen LogP contribution in [-0.4, -0.2) is 24.0 Å². The quantitative estimate of drug-likeness (QED) is 0.570. The van der Waals surface area contributed by atoms with Crippen LogP contribution in [0.5, 0.6) is 5.75 Å². The Hall–Kier alpha value is -2.74. The molecule has 0 aliphatic heterocycles. The largest absolute Gasteiger partial charge is 0.573 e. The number of halogens is 3. The predicted molar refractivity (Wildman–Crippen MR) is 89.2 cm³/mol. The van der Waals surface area contributed by atoms with Gasteiger partial charge in [-0.3, -0.25) is 0 Å². The van der Waals surface area contributed by atoms with Gasteiger partial charge in [-0.15, -0.1) is 13.2 Å². The Balaban J connectivity index is 2.09. The molecule has 0 heterocycles. The Kier molecular flexibility index (Phi) is 5.53. The summed E-state index contributed by atoms with van der Waals surface area (Å²) in [7, 11) is 0. The van der Waals surface area contributed by atoms with E-state index in [9.17, 15) is 18.3 Å². The molecule has 25 heavy (non-hydrogen) atoms. The molecule has 0 saturated heterocycles. The van der Waals surface area contributed by atoms with Crippen LogP contribution in [-0.2, 0) is 5.60 Å². The molecule has 4 N–H and O–H groups in total. The van der Waals surface area contributed by atoms with Gasteiger partial charge in [-0.25, -0.2) is 4.99 Å². The second kappa shape index (κ2) is 7.43. The number of aliphatic hydroxyl groups is 1. The molecule has 0 bridgehead atoms. The lowest BCUT2D eigenvalue weighted by Crippen LogP contribution is -2.30. The maximum absolute atomic E-state index is 12.4. The van der Waals surface area contributed by atoms with Crippen LogP contribution in [0.25, 0.3) is 0 Å². The molecule has 8 heteroatoms. The van der Waals surface area contributed by atoms with Gasteiger partial charge in [0.25, 0.3) is 0 Å². The van der Waals surface area contributed by atoms with Gasteiger partial charge in [0.1, 0.15) is 5.60 Å². The Bertz CT molecular complexity index is 731. The summed E-state index contributed by atoms with van der Waals surface area (Å²) in [6, 6.07) is 14.3. The lowest BCUT2D eigenvalue weighted by atomic mass is 9.96. The minimum absolute atomic E-state index is 0.0143. The Morgan fingerprint density at radius 2 is 1.72 bits per heavy atom. The molecule has 0 aliphatic carbocycles. The van der Waals surface area contributed by atoms with Gasteiger partial charge in [-0.05, 0) is 24.6 Å². The van der Waals surface area contributed by atoms with Crippen molar-refractivity contribution in [3.8, 4) is 5.75 Å². The van der Waals surface area contributed by atoms with Gasteiger partial charge in [0, 0.05) is 0 Å². The highest BCUT2D eigenvalue weighted by Crippen LogP contribution is 2.29. The van der Waals surface area contributed by atoms with Crippen LogP contribution in [0.3, 0.4) is 0 Å². The van der Waals surface area contributed by atoms with E-state index in [1.165, 1.54) is 18.2 Å². The smallest absolute Gasteiger partial charge is 0.404 e. The fraction of sp³-hybridized carbons (Fsp3) is 0.235. The zero-order valence-corrected chi connectivity index (χ0v) is 13.4. The Morgan fingerprint density at radius 1 is 1.12 bits per heavy atom. The molecule has 0 radical (unpaired) electrons. The van der Waals surface area contributed by atoms with Crippen LogP contribution in [0.1, 0.15) is 12.5 Å². The van der Waals surface area contributed by atoms with Crippen molar-refractivity contribution in [2.24, 2.45) is 10.7 Å². The molecule has 0 fully saturated rings. The average Bonchev–Trinajstić information content (AvgIpc) is 2.54. The number of ether oxygens (including phenoxy) is 1. The molecule has 1 unspecified atom stereocenters. The number of alkyl halides is 3. The van der Waals surface area contributed by atoms with E-state index in [-0.39, 0.29) is 18.2 Å². The lowest BCUT2D eigenvalue weighted by Gasteiger charge is -2.22. The second-order valence-corrected chi connectivity index (χ2v) is 5.51. The van der Waals surface area contributed by atoms with E-state index in [1.807, 2.05) is 6.07 Å². The highest BCUT2D eigenvalue weighted by molar-refractivity contribution is 5.93. The minimum atomic E-state index is -4.82. The van der Waals surface area contributed by atoms with Gasteiger partial charge in [0.2, 0.25) is 0 Å². The molecule has 2 aromatic carbocycles. The van der Waals surface area contributed by atoms with Gasteiger partial charge in [-0.1, -0.05) is 42.5 Å². The highest BCUT2D eigenvalue weighted by Gasteiger charge is 2.32. The zero-order chi connectivity index (χ0) is 18.5. The molecular formula is C17H18F3N3O2. The molecule has 2 rings (SSSR count). The molecule has 134 valence electrons. The zero-order valence-electron chi connectivity index (χ0n) is 13.4. The number of hydrogen-bond acceptors (Lipinski definition) is 3. The van der Waals surface area contributed by atoms with E-state index in [1.54, 1.807) is 31.2 Å². The van der Waals surface area contributed by atoms with E-state index in [2.05, 4.69) is 15.0 Å². The number of rotatable bonds is 5. The van der Waals surface area contributed by atoms with Crippen molar-refractivity contribution in [3.05, 3.63) is 60.2 Å². The number of benzene rings is 2. The molecule has 1 atom stereocenters. The van der Waals surface area contributed by atoms with Crippen molar-refractivity contribution in [3.63, 3.8) is 0 Å². The van der Waals surface area contributed by atoms with Gasteiger partial charge >= 0.3 is 6.36 Å². The first-order valence-electron chi connectivity index (χ1n) is 7.37. The third-order valence-electron chi connectivity index (χ3n) is 3.33. The lowest BCUT2D eigenvalue weighted by molar-refractivity contribution is -0.274. The predicted octanol–water partition coefficient (Wildman–Crippen LogP) is 3.22.